The molecule has 17 heavy (non-hydrogen) atoms. The van der Waals surface area contributed by atoms with Crippen LogP contribution in [0.1, 0.15) is 31.3 Å². The van der Waals surface area contributed by atoms with E-state index in [2.05, 4.69) is 10.1 Å². The first-order chi connectivity index (χ1) is 8.06. The van der Waals surface area contributed by atoms with E-state index in [0.717, 1.165) is 5.69 Å². The lowest BCUT2D eigenvalue weighted by Gasteiger charge is -2.05. The highest BCUT2D eigenvalue weighted by Gasteiger charge is 2.18. The minimum absolute atomic E-state index is 0.240. The van der Waals surface area contributed by atoms with Gasteiger partial charge in [-0.2, -0.15) is 10.4 Å². The molecular formula is C11H14N6. The zero-order chi connectivity index (χ0) is 12.6. The van der Waals surface area contributed by atoms with Crippen molar-refractivity contribution < 1.29 is 0 Å². The summed E-state index contributed by atoms with van der Waals surface area (Å²) in [5.74, 6) is 1.22. The molecule has 2 rings (SSSR count). The summed E-state index contributed by atoms with van der Waals surface area (Å²) in [5, 5.41) is 13.3. The van der Waals surface area contributed by atoms with Crippen LogP contribution in [-0.4, -0.2) is 19.3 Å². The van der Waals surface area contributed by atoms with Crippen LogP contribution < -0.4 is 5.73 Å². The van der Waals surface area contributed by atoms with Crippen LogP contribution in [0.5, 0.6) is 0 Å². The highest BCUT2D eigenvalue weighted by atomic mass is 15.3. The van der Waals surface area contributed by atoms with Crippen LogP contribution in [0.3, 0.4) is 0 Å². The number of rotatable bonds is 2. The van der Waals surface area contributed by atoms with Crippen LogP contribution in [-0.2, 0) is 7.05 Å². The van der Waals surface area contributed by atoms with Crippen molar-refractivity contribution in [3.8, 4) is 11.9 Å². The molecule has 0 radical (unpaired) electrons. The van der Waals surface area contributed by atoms with Crippen molar-refractivity contribution in [1.29, 1.82) is 5.26 Å². The molecule has 6 nitrogen and oxygen atoms in total. The minimum atomic E-state index is 0.240. The summed E-state index contributed by atoms with van der Waals surface area (Å²) in [4.78, 5) is 3.95. The summed E-state index contributed by atoms with van der Waals surface area (Å²) in [6.07, 6.45) is 3.27. The highest BCUT2D eigenvalue weighted by molar-refractivity contribution is 5.59. The largest absolute Gasteiger partial charge is 0.394 e. The molecule has 0 aromatic carbocycles. The van der Waals surface area contributed by atoms with Crippen LogP contribution in [0.4, 0.5) is 5.69 Å². The maximum Gasteiger partial charge on any atom is 0.218 e. The molecule has 2 aromatic heterocycles. The Balaban J connectivity index is 2.65. The van der Waals surface area contributed by atoms with Crippen molar-refractivity contribution in [2.45, 2.75) is 19.8 Å². The van der Waals surface area contributed by atoms with Gasteiger partial charge in [-0.1, -0.05) is 13.8 Å². The quantitative estimate of drug-likeness (QED) is 0.839. The van der Waals surface area contributed by atoms with Gasteiger partial charge in [0.15, 0.2) is 5.82 Å². The number of nitriles is 1. The van der Waals surface area contributed by atoms with Gasteiger partial charge in [0.2, 0.25) is 5.82 Å². The molecule has 2 N–H and O–H groups in total. The first-order valence-corrected chi connectivity index (χ1v) is 5.32. The number of hydrogen-bond acceptors (Lipinski definition) is 4. The molecule has 6 heteroatoms. The molecule has 0 fully saturated rings. The fourth-order valence-electron chi connectivity index (χ4n) is 1.82. The van der Waals surface area contributed by atoms with Crippen molar-refractivity contribution in [3.05, 3.63) is 23.9 Å². The van der Waals surface area contributed by atoms with Gasteiger partial charge in [0.25, 0.3) is 0 Å². The summed E-state index contributed by atoms with van der Waals surface area (Å²) in [6, 6.07) is 2.02. The summed E-state index contributed by atoms with van der Waals surface area (Å²) < 4.78 is 3.32. The molecule has 0 unspecified atom stereocenters. The molecule has 0 aliphatic carbocycles. The molecule has 0 aliphatic heterocycles. The minimum Gasteiger partial charge on any atom is -0.394 e. The van der Waals surface area contributed by atoms with Crippen molar-refractivity contribution in [1.82, 2.24) is 19.3 Å². The van der Waals surface area contributed by atoms with Gasteiger partial charge < -0.3 is 5.73 Å². The van der Waals surface area contributed by atoms with Crippen molar-refractivity contribution in [2.24, 2.45) is 7.05 Å². The maximum atomic E-state index is 8.96. The van der Waals surface area contributed by atoms with Crippen LogP contribution in [0.2, 0.25) is 0 Å². The van der Waals surface area contributed by atoms with Crippen LogP contribution in [0.25, 0.3) is 5.82 Å². The first kappa shape index (κ1) is 11.2. The van der Waals surface area contributed by atoms with E-state index >= 15 is 0 Å². The normalized spacial score (nSPS) is 10.8. The Kier molecular flexibility index (Phi) is 2.60. The molecule has 2 heterocycles. The molecule has 0 atom stereocenters. The Hall–Kier alpha value is -2.29. The SMILES string of the molecule is CC(C)c1nn(C)c(-n2ccnc2C#N)c1N. The molecule has 0 aliphatic rings. The predicted molar refractivity (Wildman–Crippen MR) is 63.5 cm³/mol. The number of nitrogens with two attached hydrogens (primary N) is 1. The zero-order valence-corrected chi connectivity index (χ0v) is 10.0. The second-order valence-electron chi connectivity index (χ2n) is 4.13. The van der Waals surface area contributed by atoms with Crippen LogP contribution in [0, 0.1) is 11.3 Å². The molecule has 0 bridgehead atoms. The maximum absolute atomic E-state index is 8.96. The van der Waals surface area contributed by atoms with E-state index in [-0.39, 0.29) is 5.92 Å². The van der Waals surface area contributed by atoms with Gasteiger partial charge in [-0.25, -0.2) is 9.67 Å². The van der Waals surface area contributed by atoms with Crippen LogP contribution in [0.15, 0.2) is 12.4 Å². The number of anilines is 1. The van der Waals surface area contributed by atoms with Crippen molar-refractivity contribution >= 4 is 5.69 Å². The number of hydrogen-bond donors (Lipinski definition) is 1. The molecule has 0 saturated carbocycles. The molecule has 2 aromatic rings. The van der Waals surface area contributed by atoms with Gasteiger partial charge in [-0.3, -0.25) is 4.57 Å². The second kappa shape index (κ2) is 3.94. The third kappa shape index (κ3) is 1.65. The Morgan fingerprint density at radius 2 is 2.18 bits per heavy atom. The Morgan fingerprint density at radius 1 is 1.47 bits per heavy atom. The second-order valence-corrected chi connectivity index (χ2v) is 4.13. The molecule has 88 valence electrons. The van der Waals surface area contributed by atoms with E-state index in [4.69, 9.17) is 11.0 Å². The van der Waals surface area contributed by atoms with Gasteiger partial charge in [-0.05, 0) is 5.92 Å². The molecular weight excluding hydrogens is 216 g/mol. The number of aryl methyl sites for hydroxylation is 1. The zero-order valence-electron chi connectivity index (χ0n) is 10.0. The van der Waals surface area contributed by atoms with Gasteiger partial charge in [-0.15, -0.1) is 0 Å². The van der Waals surface area contributed by atoms with E-state index in [0.29, 0.717) is 17.3 Å². The fraction of sp³-hybridized carbons (Fsp3) is 0.364. The van der Waals surface area contributed by atoms with Gasteiger partial charge in [0, 0.05) is 19.4 Å². The van der Waals surface area contributed by atoms with E-state index in [1.165, 1.54) is 0 Å². The monoisotopic (exact) mass is 230 g/mol. The van der Waals surface area contributed by atoms with E-state index in [1.807, 2.05) is 19.9 Å². The fourth-order valence-corrected chi connectivity index (χ4v) is 1.82. The lowest BCUT2D eigenvalue weighted by Crippen LogP contribution is -2.06. The Labute approximate surface area is 99.3 Å². The lowest BCUT2D eigenvalue weighted by molar-refractivity contribution is 0.692. The number of aromatic nitrogens is 4. The number of nitrogen functional groups attached to an aromatic ring is 1. The average molecular weight is 230 g/mol. The summed E-state index contributed by atoms with van der Waals surface area (Å²) in [7, 11) is 1.80. The van der Waals surface area contributed by atoms with Crippen molar-refractivity contribution in [2.75, 3.05) is 5.73 Å². The summed E-state index contributed by atoms with van der Waals surface area (Å²) in [6.45, 7) is 4.06. The molecule has 0 saturated heterocycles. The van der Waals surface area contributed by atoms with Crippen LogP contribution >= 0.6 is 0 Å². The predicted octanol–water partition coefficient (Wildman–Crippen LogP) is 1.18. The van der Waals surface area contributed by atoms with Crippen molar-refractivity contribution in [3.63, 3.8) is 0 Å². The first-order valence-electron chi connectivity index (χ1n) is 5.32. The van der Waals surface area contributed by atoms with E-state index in [1.54, 1.807) is 28.7 Å². The highest BCUT2D eigenvalue weighted by Crippen LogP contribution is 2.27. The Morgan fingerprint density at radius 3 is 2.71 bits per heavy atom. The van der Waals surface area contributed by atoms with Gasteiger partial charge in [0.05, 0.1) is 11.4 Å². The van der Waals surface area contributed by atoms with Gasteiger partial charge >= 0.3 is 0 Å². The number of nitrogens with zero attached hydrogens (tertiary/aromatic N) is 5. The summed E-state index contributed by atoms with van der Waals surface area (Å²) in [5.41, 5.74) is 7.51. The topological polar surface area (TPSA) is 85.5 Å². The third-order valence-electron chi connectivity index (χ3n) is 2.60. The van der Waals surface area contributed by atoms with E-state index < -0.39 is 0 Å². The lowest BCUT2D eigenvalue weighted by atomic mass is 10.1. The smallest absolute Gasteiger partial charge is 0.218 e. The summed E-state index contributed by atoms with van der Waals surface area (Å²) >= 11 is 0. The average Bonchev–Trinajstić information content (AvgIpc) is 2.83. The standard InChI is InChI=1S/C11H14N6/c1-7(2)10-9(13)11(16(3)15-10)17-5-4-14-8(17)6-12/h4-5,7H,13H2,1-3H3. The molecule has 0 spiro atoms. The third-order valence-corrected chi connectivity index (χ3v) is 2.60. The van der Waals surface area contributed by atoms with Gasteiger partial charge in [0.1, 0.15) is 6.07 Å². The Bertz CT molecular complexity index is 584. The number of imidazole rings is 1. The van der Waals surface area contributed by atoms with E-state index in [9.17, 15) is 0 Å². The molecule has 0 amide bonds.